The molecule has 2 rings (SSSR count). The van der Waals surface area contributed by atoms with Crippen LogP contribution in [0.25, 0.3) is 0 Å². The molecule has 0 aliphatic heterocycles. The number of benzene rings is 2. The highest BCUT2D eigenvalue weighted by atomic mass is 16.5. The molecule has 3 nitrogen and oxygen atoms in total. The summed E-state index contributed by atoms with van der Waals surface area (Å²) in [4.78, 5) is 0. The summed E-state index contributed by atoms with van der Waals surface area (Å²) in [6.07, 6.45) is 0. The standard InChI is InChI=1S/C17H20N2O/c1-14(2)13-20-17-10-8-15(9-11-17)12-18-19-16-6-4-3-5-7-16/h3-11,18-19H,1,12-13H2,2H3. The molecule has 0 radical (unpaired) electrons. The largest absolute Gasteiger partial charge is 0.489 e. The second-order valence-electron chi connectivity index (χ2n) is 4.73. The van der Waals surface area contributed by atoms with Crippen molar-refractivity contribution in [2.24, 2.45) is 0 Å². The second-order valence-corrected chi connectivity index (χ2v) is 4.73. The Morgan fingerprint density at radius 1 is 1.05 bits per heavy atom. The van der Waals surface area contributed by atoms with E-state index in [1.54, 1.807) is 0 Å². The van der Waals surface area contributed by atoms with Crippen LogP contribution >= 0.6 is 0 Å². The molecular formula is C17H20N2O. The van der Waals surface area contributed by atoms with Gasteiger partial charge in [0.15, 0.2) is 0 Å². The first kappa shape index (κ1) is 14.2. The number of para-hydroxylation sites is 1. The maximum absolute atomic E-state index is 5.56. The number of hydrogen-bond donors (Lipinski definition) is 2. The number of ether oxygens (including phenoxy) is 1. The Balaban J connectivity index is 1.77. The van der Waals surface area contributed by atoms with Gasteiger partial charge in [0.1, 0.15) is 12.4 Å². The van der Waals surface area contributed by atoms with E-state index < -0.39 is 0 Å². The Bertz CT molecular complexity index is 535. The van der Waals surface area contributed by atoms with Crippen molar-refractivity contribution in [1.29, 1.82) is 0 Å². The van der Waals surface area contributed by atoms with Crippen LogP contribution in [0.5, 0.6) is 5.75 Å². The first-order chi connectivity index (χ1) is 9.74. The van der Waals surface area contributed by atoms with Crippen LogP contribution in [0.2, 0.25) is 0 Å². The van der Waals surface area contributed by atoms with E-state index in [4.69, 9.17) is 4.74 Å². The molecule has 2 aromatic rings. The minimum Gasteiger partial charge on any atom is -0.489 e. The molecule has 0 saturated heterocycles. The first-order valence-electron chi connectivity index (χ1n) is 6.64. The molecule has 0 heterocycles. The Morgan fingerprint density at radius 2 is 1.75 bits per heavy atom. The maximum atomic E-state index is 5.56. The van der Waals surface area contributed by atoms with Crippen molar-refractivity contribution >= 4 is 5.69 Å². The molecular weight excluding hydrogens is 248 g/mol. The van der Waals surface area contributed by atoms with Crippen LogP contribution in [0.4, 0.5) is 5.69 Å². The van der Waals surface area contributed by atoms with Crippen molar-refractivity contribution in [3.63, 3.8) is 0 Å². The van der Waals surface area contributed by atoms with Crippen molar-refractivity contribution in [3.8, 4) is 5.75 Å². The summed E-state index contributed by atoms with van der Waals surface area (Å²) < 4.78 is 5.56. The molecule has 20 heavy (non-hydrogen) atoms. The van der Waals surface area contributed by atoms with Gasteiger partial charge in [0.05, 0.1) is 0 Å². The molecule has 0 amide bonds. The highest BCUT2D eigenvalue weighted by molar-refractivity contribution is 5.41. The number of nitrogens with one attached hydrogen (secondary N) is 2. The second kappa shape index (κ2) is 7.36. The molecule has 0 atom stereocenters. The minimum absolute atomic E-state index is 0.563. The molecule has 0 aliphatic rings. The van der Waals surface area contributed by atoms with Crippen LogP contribution in [0.15, 0.2) is 66.7 Å². The fraction of sp³-hybridized carbons (Fsp3) is 0.176. The van der Waals surface area contributed by atoms with Crippen molar-refractivity contribution in [1.82, 2.24) is 5.43 Å². The zero-order chi connectivity index (χ0) is 14.2. The van der Waals surface area contributed by atoms with E-state index in [1.807, 2.05) is 61.5 Å². The third kappa shape index (κ3) is 4.78. The lowest BCUT2D eigenvalue weighted by Crippen LogP contribution is -2.20. The lowest BCUT2D eigenvalue weighted by Gasteiger charge is -2.09. The average Bonchev–Trinajstić information content (AvgIpc) is 2.47. The van der Waals surface area contributed by atoms with Crippen LogP contribution in [0, 0.1) is 0 Å². The van der Waals surface area contributed by atoms with Gasteiger partial charge in [-0.15, -0.1) is 0 Å². The van der Waals surface area contributed by atoms with E-state index >= 15 is 0 Å². The SMILES string of the molecule is C=C(C)COc1ccc(CNNc2ccccc2)cc1. The summed E-state index contributed by atoms with van der Waals surface area (Å²) >= 11 is 0. The summed E-state index contributed by atoms with van der Waals surface area (Å²) in [7, 11) is 0. The van der Waals surface area contributed by atoms with Gasteiger partial charge in [0, 0.05) is 12.2 Å². The fourth-order valence-electron chi connectivity index (χ4n) is 1.68. The summed E-state index contributed by atoms with van der Waals surface area (Å²) in [5, 5.41) is 0. The van der Waals surface area contributed by atoms with E-state index in [-0.39, 0.29) is 0 Å². The van der Waals surface area contributed by atoms with E-state index in [9.17, 15) is 0 Å². The highest BCUT2D eigenvalue weighted by Gasteiger charge is 1.96. The fourth-order valence-corrected chi connectivity index (χ4v) is 1.68. The summed E-state index contributed by atoms with van der Waals surface area (Å²) in [6, 6.07) is 18.1. The van der Waals surface area contributed by atoms with Gasteiger partial charge >= 0.3 is 0 Å². The Labute approximate surface area is 120 Å². The minimum atomic E-state index is 0.563. The number of rotatable bonds is 7. The van der Waals surface area contributed by atoms with Gasteiger partial charge in [0.2, 0.25) is 0 Å². The molecule has 0 saturated carbocycles. The lowest BCUT2D eigenvalue weighted by atomic mass is 10.2. The zero-order valence-electron chi connectivity index (χ0n) is 11.7. The Hall–Kier alpha value is -2.26. The molecule has 0 aromatic heterocycles. The molecule has 0 unspecified atom stereocenters. The van der Waals surface area contributed by atoms with Crippen molar-refractivity contribution in [2.45, 2.75) is 13.5 Å². The van der Waals surface area contributed by atoms with Crippen molar-refractivity contribution in [2.75, 3.05) is 12.0 Å². The average molecular weight is 268 g/mol. The normalized spacial score (nSPS) is 10.1. The van der Waals surface area contributed by atoms with Gasteiger partial charge in [-0.2, -0.15) is 0 Å². The van der Waals surface area contributed by atoms with E-state index in [1.165, 1.54) is 5.56 Å². The zero-order valence-corrected chi connectivity index (χ0v) is 11.7. The van der Waals surface area contributed by atoms with Crippen LogP contribution < -0.4 is 15.6 Å². The van der Waals surface area contributed by atoms with Gasteiger partial charge in [-0.1, -0.05) is 36.9 Å². The molecule has 2 aromatic carbocycles. The molecule has 2 N–H and O–H groups in total. The number of hydrogen-bond acceptors (Lipinski definition) is 3. The molecule has 3 heteroatoms. The van der Waals surface area contributed by atoms with Crippen molar-refractivity contribution in [3.05, 3.63) is 72.3 Å². The third-order valence-corrected chi connectivity index (χ3v) is 2.71. The predicted molar refractivity (Wildman–Crippen MR) is 83.7 cm³/mol. The van der Waals surface area contributed by atoms with Crippen LogP contribution in [0.3, 0.4) is 0 Å². The third-order valence-electron chi connectivity index (χ3n) is 2.71. The first-order valence-corrected chi connectivity index (χ1v) is 6.64. The predicted octanol–water partition coefficient (Wildman–Crippen LogP) is 3.76. The Kier molecular flexibility index (Phi) is 5.21. The van der Waals surface area contributed by atoms with Gasteiger partial charge in [0.25, 0.3) is 0 Å². The molecule has 0 fully saturated rings. The summed E-state index contributed by atoms with van der Waals surface area (Å²) in [6.45, 7) is 7.07. The molecule has 104 valence electrons. The summed E-state index contributed by atoms with van der Waals surface area (Å²) in [5.74, 6) is 0.868. The van der Waals surface area contributed by atoms with Crippen LogP contribution in [-0.2, 0) is 6.54 Å². The molecule has 0 spiro atoms. The van der Waals surface area contributed by atoms with Crippen molar-refractivity contribution < 1.29 is 4.74 Å². The van der Waals surface area contributed by atoms with Crippen LogP contribution in [-0.4, -0.2) is 6.61 Å². The van der Waals surface area contributed by atoms with Gasteiger partial charge < -0.3 is 10.2 Å². The van der Waals surface area contributed by atoms with Gasteiger partial charge in [-0.3, -0.25) is 0 Å². The topological polar surface area (TPSA) is 33.3 Å². The monoisotopic (exact) mass is 268 g/mol. The molecule has 0 bridgehead atoms. The lowest BCUT2D eigenvalue weighted by molar-refractivity contribution is 0.352. The van der Waals surface area contributed by atoms with Gasteiger partial charge in [-0.05, 0) is 42.3 Å². The number of hydrazine groups is 1. The van der Waals surface area contributed by atoms with E-state index in [2.05, 4.69) is 17.4 Å². The van der Waals surface area contributed by atoms with E-state index in [0.717, 1.165) is 23.6 Å². The number of anilines is 1. The van der Waals surface area contributed by atoms with Gasteiger partial charge in [-0.25, -0.2) is 5.43 Å². The highest BCUT2D eigenvalue weighted by Crippen LogP contribution is 2.13. The molecule has 0 aliphatic carbocycles. The van der Waals surface area contributed by atoms with Crippen LogP contribution in [0.1, 0.15) is 12.5 Å². The smallest absolute Gasteiger partial charge is 0.119 e. The van der Waals surface area contributed by atoms with E-state index in [0.29, 0.717) is 6.61 Å². The Morgan fingerprint density at radius 3 is 2.40 bits per heavy atom. The maximum Gasteiger partial charge on any atom is 0.119 e. The summed E-state index contributed by atoms with van der Waals surface area (Å²) in [5.41, 5.74) is 9.59. The quantitative estimate of drug-likeness (QED) is 0.592.